The average molecular weight is 304 g/mol. The van der Waals surface area contributed by atoms with Crippen molar-refractivity contribution >= 4 is 5.82 Å². The number of hydrogen-bond donors (Lipinski definition) is 0. The van der Waals surface area contributed by atoms with E-state index in [4.69, 9.17) is 0 Å². The van der Waals surface area contributed by atoms with Crippen LogP contribution in [0.1, 0.15) is 16.8 Å². The predicted molar refractivity (Wildman–Crippen MR) is 80.5 cm³/mol. The van der Waals surface area contributed by atoms with Crippen LogP contribution in [-0.2, 0) is 19.5 Å². The zero-order valence-electron chi connectivity index (χ0n) is 12.7. The first kappa shape index (κ1) is 14.8. The van der Waals surface area contributed by atoms with Crippen molar-refractivity contribution in [3.63, 3.8) is 0 Å². The number of halogens is 2. The summed E-state index contributed by atoms with van der Waals surface area (Å²) in [5, 5.41) is 0. The number of fused-ring (bicyclic) bond motifs is 1. The maximum atomic E-state index is 13.8. The molecule has 116 valence electrons. The average Bonchev–Trinajstić information content (AvgIpc) is 2.50. The van der Waals surface area contributed by atoms with E-state index in [1.165, 1.54) is 12.1 Å². The molecule has 1 aromatic carbocycles. The number of hydrogen-bond acceptors (Lipinski definition) is 4. The summed E-state index contributed by atoms with van der Waals surface area (Å²) in [6.45, 7) is 1.79. The van der Waals surface area contributed by atoms with Crippen molar-refractivity contribution < 1.29 is 8.78 Å². The Hall–Kier alpha value is -2.08. The van der Waals surface area contributed by atoms with Gasteiger partial charge in [-0.1, -0.05) is 0 Å². The normalized spacial score (nSPS) is 14.7. The SMILES string of the molecule is CN(C)c1ncnc2c1CN(Cc1cc(F)ccc1F)CC2. The molecule has 0 atom stereocenters. The maximum absolute atomic E-state index is 13.8. The lowest BCUT2D eigenvalue weighted by molar-refractivity contribution is 0.239. The van der Waals surface area contributed by atoms with Crippen molar-refractivity contribution in [1.29, 1.82) is 0 Å². The minimum Gasteiger partial charge on any atom is -0.362 e. The summed E-state index contributed by atoms with van der Waals surface area (Å²) in [5.41, 5.74) is 2.48. The minimum atomic E-state index is -0.411. The fourth-order valence-corrected chi connectivity index (χ4v) is 2.81. The maximum Gasteiger partial charge on any atom is 0.136 e. The first-order valence-electron chi connectivity index (χ1n) is 7.21. The third-order valence-electron chi connectivity index (χ3n) is 3.88. The second-order valence-corrected chi connectivity index (χ2v) is 5.71. The molecule has 0 spiro atoms. The van der Waals surface area contributed by atoms with Crippen LogP contribution >= 0.6 is 0 Å². The van der Waals surface area contributed by atoms with Crippen molar-refractivity contribution in [1.82, 2.24) is 14.9 Å². The predicted octanol–water partition coefficient (Wildman–Crippen LogP) is 2.38. The van der Waals surface area contributed by atoms with Crippen LogP contribution in [0.25, 0.3) is 0 Å². The van der Waals surface area contributed by atoms with Gasteiger partial charge in [-0.25, -0.2) is 18.7 Å². The standard InChI is InChI=1S/C16H18F2N4/c1-21(2)16-13-9-22(6-5-15(13)19-10-20-16)8-11-7-12(17)3-4-14(11)18/h3-4,7,10H,5-6,8-9H2,1-2H3. The van der Waals surface area contributed by atoms with Gasteiger partial charge in [0.2, 0.25) is 0 Å². The Kier molecular flexibility index (Phi) is 4.02. The quantitative estimate of drug-likeness (QED) is 0.871. The fourth-order valence-electron chi connectivity index (χ4n) is 2.81. The second-order valence-electron chi connectivity index (χ2n) is 5.71. The second kappa shape index (κ2) is 5.96. The lowest BCUT2D eigenvalue weighted by atomic mass is 10.0. The number of benzene rings is 1. The van der Waals surface area contributed by atoms with E-state index in [0.29, 0.717) is 18.7 Å². The summed E-state index contributed by atoms with van der Waals surface area (Å²) in [7, 11) is 3.88. The molecule has 1 aliphatic heterocycles. The number of nitrogens with zero attached hydrogens (tertiary/aromatic N) is 4. The molecule has 0 fully saturated rings. The first-order chi connectivity index (χ1) is 10.5. The molecule has 22 heavy (non-hydrogen) atoms. The molecule has 4 nitrogen and oxygen atoms in total. The highest BCUT2D eigenvalue weighted by Crippen LogP contribution is 2.25. The van der Waals surface area contributed by atoms with E-state index in [1.54, 1.807) is 6.33 Å². The van der Waals surface area contributed by atoms with E-state index in [-0.39, 0.29) is 5.82 Å². The van der Waals surface area contributed by atoms with Gasteiger partial charge >= 0.3 is 0 Å². The van der Waals surface area contributed by atoms with Gasteiger partial charge in [0.1, 0.15) is 23.8 Å². The van der Waals surface area contributed by atoms with Crippen molar-refractivity contribution in [3.05, 3.63) is 53.0 Å². The van der Waals surface area contributed by atoms with Crippen LogP contribution in [0.15, 0.2) is 24.5 Å². The van der Waals surface area contributed by atoms with Crippen molar-refractivity contribution in [2.45, 2.75) is 19.5 Å². The van der Waals surface area contributed by atoms with E-state index in [2.05, 4.69) is 14.9 Å². The molecule has 2 heterocycles. The largest absolute Gasteiger partial charge is 0.362 e. The molecule has 0 N–H and O–H groups in total. The molecule has 0 bridgehead atoms. The Morgan fingerprint density at radius 2 is 2.05 bits per heavy atom. The summed E-state index contributed by atoms with van der Waals surface area (Å²) in [6.07, 6.45) is 2.37. The summed E-state index contributed by atoms with van der Waals surface area (Å²) in [5.74, 6) is 0.102. The molecule has 3 rings (SSSR count). The zero-order valence-corrected chi connectivity index (χ0v) is 12.7. The summed E-state index contributed by atoms with van der Waals surface area (Å²) in [4.78, 5) is 12.7. The van der Waals surface area contributed by atoms with Crippen LogP contribution in [-0.4, -0.2) is 35.5 Å². The van der Waals surface area contributed by atoms with Crippen LogP contribution in [0.3, 0.4) is 0 Å². The highest BCUT2D eigenvalue weighted by Gasteiger charge is 2.22. The number of rotatable bonds is 3. The van der Waals surface area contributed by atoms with Gasteiger partial charge in [0, 0.05) is 51.3 Å². The van der Waals surface area contributed by atoms with Gasteiger partial charge in [-0.3, -0.25) is 4.90 Å². The van der Waals surface area contributed by atoms with Gasteiger partial charge in [-0.2, -0.15) is 0 Å². The third kappa shape index (κ3) is 2.92. The lowest BCUT2D eigenvalue weighted by Crippen LogP contribution is -2.32. The summed E-state index contributed by atoms with van der Waals surface area (Å²) < 4.78 is 27.1. The first-order valence-corrected chi connectivity index (χ1v) is 7.21. The van der Waals surface area contributed by atoms with E-state index >= 15 is 0 Å². The number of aromatic nitrogens is 2. The Bertz CT molecular complexity index is 688. The van der Waals surface area contributed by atoms with Gasteiger partial charge in [-0.15, -0.1) is 0 Å². The summed E-state index contributed by atoms with van der Waals surface area (Å²) in [6, 6.07) is 3.58. The molecule has 0 radical (unpaired) electrons. The van der Waals surface area contributed by atoms with E-state index < -0.39 is 5.82 Å². The molecule has 0 amide bonds. The smallest absolute Gasteiger partial charge is 0.136 e. The Morgan fingerprint density at radius 3 is 2.82 bits per heavy atom. The minimum absolute atomic E-state index is 0.371. The molecule has 0 saturated carbocycles. The van der Waals surface area contributed by atoms with Crippen LogP contribution in [0.4, 0.5) is 14.6 Å². The molecule has 6 heteroatoms. The van der Waals surface area contributed by atoms with E-state index in [1.807, 2.05) is 19.0 Å². The molecule has 0 saturated heterocycles. The Morgan fingerprint density at radius 1 is 1.23 bits per heavy atom. The van der Waals surface area contributed by atoms with Gasteiger partial charge in [0.15, 0.2) is 0 Å². The van der Waals surface area contributed by atoms with Crippen molar-refractivity contribution in [2.75, 3.05) is 25.5 Å². The molecule has 1 aliphatic rings. The zero-order chi connectivity index (χ0) is 15.7. The lowest BCUT2D eigenvalue weighted by Gasteiger charge is -2.30. The van der Waals surface area contributed by atoms with Crippen molar-refractivity contribution in [2.24, 2.45) is 0 Å². The molecular formula is C16H18F2N4. The highest BCUT2D eigenvalue weighted by molar-refractivity contribution is 5.48. The monoisotopic (exact) mass is 304 g/mol. The van der Waals surface area contributed by atoms with Gasteiger partial charge in [0.05, 0.1) is 5.69 Å². The third-order valence-corrected chi connectivity index (χ3v) is 3.88. The Labute approximate surface area is 128 Å². The fraction of sp³-hybridized carbons (Fsp3) is 0.375. The molecule has 1 aromatic heterocycles. The van der Waals surface area contributed by atoms with Crippen molar-refractivity contribution in [3.8, 4) is 0 Å². The van der Waals surface area contributed by atoms with E-state index in [0.717, 1.165) is 36.1 Å². The van der Waals surface area contributed by atoms with Crippen LogP contribution in [0.5, 0.6) is 0 Å². The van der Waals surface area contributed by atoms with Gasteiger partial charge in [-0.05, 0) is 18.2 Å². The molecule has 2 aromatic rings. The molecular weight excluding hydrogens is 286 g/mol. The topological polar surface area (TPSA) is 32.3 Å². The van der Waals surface area contributed by atoms with Gasteiger partial charge in [0.25, 0.3) is 0 Å². The number of anilines is 1. The summed E-state index contributed by atoms with van der Waals surface area (Å²) >= 11 is 0. The highest BCUT2D eigenvalue weighted by atomic mass is 19.1. The van der Waals surface area contributed by atoms with Crippen LogP contribution in [0, 0.1) is 11.6 Å². The van der Waals surface area contributed by atoms with E-state index in [9.17, 15) is 8.78 Å². The van der Waals surface area contributed by atoms with Crippen LogP contribution < -0.4 is 4.90 Å². The van der Waals surface area contributed by atoms with Gasteiger partial charge < -0.3 is 4.90 Å². The van der Waals surface area contributed by atoms with Crippen LogP contribution in [0.2, 0.25) is 0 Å². The molecule has 0 unspecified atom stereocenters. The molecule has 0 aliphatic carbocycles. The Balaban J connectivity index is 1.83.